The Morgan fingerprint density at radius 2 is 1.88 bits per heavy atom. The van der Waals surface area contributed by atoms with Crippen molar-refractivity contribution >= 4 is 43.2 Å². The summed E-state index contributed by atoms with van der Waals surface area (Å²) in [4.78, 5) is 24.8. The summed E-state index contributed by atoms with van der Waals surface area (Å²) in [6.07, 6.45) is 6.66. The second-order valence-electron chi connectivity index (χ2n) is 10.5. The Hall–Kier alpha value is -3.16. The Bertz CT molecular complexity index is 1600. The van der Waals surface area contributed by atoms with Crippen LogP contribution in [0.25, 0.3) is 33.1 Å². The average Bonchev–Trinajstić information content (AvgIpc) is 3.36. The van der Waals surface area contributed by atoms with E-state index in [0.717, 1.165) is 75.1 Å². The molecule has 0 spiro atoms. The molecule has 0 aliphatic carbocycles. The monoisotopic (exact) mass is 560 g/mol. The molecule has 5 rings (SSSR count). The predicted octanol–water partition coefficient (Wildman–Crippen LogP) is 6.73. The number of pyridine rings is 1. The molecule has 2 aromatic heterocycles. The number of aryl methyl sites for hydroxylation is 2. The zero-order chi connectivity index (χ0) is 28.9. The molecule has 6 nitrogen and oxygen atoms in total. The highest BCUT2D eigenvalue weighted by atomic mass is 32.2. The van der Waals surface area contributed by atoms with Crippen molar-refractivity contribution < 1.29 is 9.00 Å². The first kappa shape index (κ1) is 29.8. The zero-order valence-corrected chi connectivity index (χ0v) is 25.5. The topological polar surface area (TPSA) is 78.1 Å². The van der Waals surface area contributed by atoms with E-state index in [1.54, 1.807) is 0 Å². The highest BCUT2D eigenvalue weighted by Gasteiger charge is 2.21. The molecule has 3 heterocycles. The van der Waals surface area contributed by atoms with E-state index in [1.807, 2.05) is 71.1 Å². The summed E-state index contributed by atoms with van der Waals surface area (Å²) in [6, 6.07) is 11.9. The minimum atomic E-state index is -2.38. The van der Waals surface area contributed by atoms with Gasteiger partial charge in [0.15, 0.2) is 0 Å². The summed E-state index contributed by atoms with van der Waals surface area (Å²) in [5.41, 5.74) is 6.15. The van der Waals surface area contributed by atoms with Gasteiger partial charge in [-0.05, 0) is 115 Å². The standard InChI is InChI=1S/C31H38N4O2S.C2H6/c1-5-38(4,37)24-12-9-11-23(18-24)26-19-25(31(36)32-13-10-16-35-14-7-6-8-15-35)22(3)29-28(26)27-17-21(2)20-33-30(27)34-29;1-2/h9,11-12,17-20H,4-8,10,13-16H2,1-3H3,(H,32,36)(H,33,34);1-2H3. The molecular weight excluding hydrogens is 516 g/mol. The van der Waals surface area contributed by atoms with Crippen LogP contribution in [0.4, 0.5) is 0 Å². The number of rotatable bonds is 8. The number of hydrogen-bond donors (Lipinski definition) is 2. The van der Waals surface area contributed by atoms with Crippen LogP contribution in [0.15, 0.2) is 47.5 Å². The molecule has 1 aliphatic rings. The summed E-state index contributed by atoms with van der Waals surface area (Å²) >= 11 is 0. The van der Waals surface area contributed by atoms with Gasteiger partial charge in [0, 0.05) is 39.7 Å². The Morgan fingerprint density at radius 1 is 1.12 bits per heavy atom. The van der Waals surface area contributed by atoms with Gasteiger partial charge in [0.05, 0.1) is 5.52 Å². The van der Waals surface area contributed by atoms with Crippen molar-refractivity contribution in [2.45, 2.75) is 65.2 Å². The maximum atomic E-state index is 13.5. The summed E-state index contributed by atoms with van der Waals surface area (Å²) in [6.45, 7) is 13.9. The normalized spacial score (nSPS) is 15.4. The van der Waals surface area contributed by atoms with E-state index >= 15 is 0 Å². The van der Waals surface area contributed by atoms with Crippen LogP contribution in [0, 0.1) is 13.8 Å². The number of nitrogens with zero attached hydrogens (tertiary/aromatic N) is 2. The maximum Gasteiger partial charge on any atom is 0.251 e. The van der Waals surface area contributed by atoms with Crippen molar-refractivity contribution in [3.05, 3.63) is 59.3 Å². The highest BCUT2D eigenvalue weighted by molar-refractivity contribution is 8.00. The summed E-state index contributed by atoms with van der Waals surface area (Å²) < 4.78 is 13.1. The van der Waals surface area contributed by atoms with Crippen molar-refractivity contribution in [3.63, 3.8) is 0 Å². The summed E-state index contributed by atoms with van der Waals surface area (Å²) in [7, 11) is -2.38. The number of nitrogens with one attached hydrogen (secondary N) is 2. The molecule has 1 amide bonds. The molecule has 2 aromatic carbocycles. The molecule has 4 aromatic rings. The SMILES string of the molecule is C=S(=O)(CC)c1cccc(-c2cc(C(=O)NCCCN3CCCCC3)c(C)c3[nH]c4ncc(C)cc4c23)c1.CC. The molecule has 0 radical (unpaired) electrons. The van der Waals surface area contributed by atoms with E-state index in [1.165, 1.54) is 19.3 Å². The van der Waals surface area contributed by atoms with E-state index in [2.05, 4.69) is 32.1 Å². The number of carbonyl (C=O) groups excluding carboxylic acids is 1. The molecule has 2 N–H and O–H groups in total. The van der Waals surface area contributed by atoms with Gasteiger partial charge in [-0.2, -0.15) is 0 Å². The summed E-state index contributed by atoms with van der Waals surface area (Å²) in [5, 5.41) is 5.20. The Kier molecular flexibility index (Phi) is 9.69. The number of carbonyl (C=O) groups is 1. The van der Waals surface area contributed by atoms with E-state index in [4.69, 9.17) is 0 Å². The number of aromatic amines is 1. The minimum Gasteiger partial charge on any atom is -0.352 e. The third-order valence-corrected chi connectivity index (χ3v) is 9.84. The van der Waals surface area contributed by atoms with Gasteiger partial charge in [-0.3, -0.25) is 9.00 Å². The number of benzene rings is 2. The van der Waals surface area contributed by atoms with Gasteiger partial charge < -0.3 is 15.2 Å². The van der Waals surface area contributed by atoms with Gasteiger partial charge in [0.1, 0.15) is 5.65 Å². The molecular formula is C33H44N4O2S. The van der Waals surface area contributed by atoms with Crippen LogP contribution >= 0.6 is 0 Å². The second kappa shape index (κ2) is 13.0. The molecule has 1 unspecified atom stereocenters. The molecule has 0 saturated carbocycles. The molecule has 214 valence electrons. The van der Waals surface area contributed by atoms with Crippen LogP contribution in [-0.2, 0) is 9.52 Å². The van der Waals surface area contributed by atoms with Crippen LogP contribution < -0.4 is 5.32 Å². The van der Waals surface area contributed by atoms with Crippen molar-refractivity contribution in [1.82, 2.24) is 20.2 Å². The van der Waals surface area contributed by atoms with Gasteiger partial charge >= 0.3 is 0 Å². The van der Waals surface area contributed by atoms with E-state index in [0.29, 0.717) is 17.9 Å². The van der Waals surface area contributed by atoms with Crippen molar-refractivity contribution in [2.75, 3.05) is 31.9 Å². The summed E-state index contributed by atoms with van der Waals surface area (Å²) in [5.74, 6) is 4.39. The van der Waals surface area contributed by atoms with E-state index < -0.39 is 9.52 Å². The van der Waals surface area contributed by atoms with Crippen molar-refractivity contribution in [1.29, 1.82) is 0 Å². The molecule has 1 saturated heterocycles. The van der Waals surface area contributed by atoms with E-state index in [9.17, 15) is 9.00 Å². The van der Waals surface area contributed by atoms with Gasteiger partial charge in [-0.15, -0.1) is 0 Å². The lowest BCUT2D eigenvalue weighted by molar-refractivity contribution is 0.0950. The first-order chi connectivity index (χ1) is 19.3. The third-order valence-electron chi connectivity index (χ3n) is 7.80. The molecule has 7 heteroatoms. The minimum absolute atomic E-state index is 0.0715. The second-order valence-corrected chi connectivity index (χ2v) is 13.2. The lowest BCUT2D eigenvalue weighted by Crippen LogP contribution is -2.33. The number of likely N-dealkylation sites (tertiary alicyclic amines) is 1. The third kappa shape index (κ3) is 6.26. The number of amides is 1. The lowest BCUT2D eigenvalue weighted by atomic mass is 9.93. The fraction of sp³-hybridized carbons (Fsp3) is 0.424. The quantitative estimate of drug-likeness (QED) is 0.185. The molecule has 40 heavy (non-hydrogen) atoms. The first-order valence-electron chi connectivity index (χ1n) is 14.7. The van der Waals surface area contributed by atoms with Gasteiger partial charge in [0.25, 0.3) is 5.91 Å². The molecule has 1 atom stereocenters. The Morgan fingerprint density at radius 3 is 2.60 bits per heavy atom. The van der Waals surface area contributed by atoms with Crippen LogP contribution in [0.1, 0.15) is 67.9 Å². The molecule has 1 fully saturated rings. The molecule has 1 aliphatic heterocycles. The van der Waals surface area contributed by atoms with Gasteiger partial charge in [-0.1, -0.05) is 39.3 Å². The van der Waals surface area contributed by atoms with Crippen molar-refractivity contribution in [3.8, 4) is 11.1 Å². The number of fused-ring (bicyclic) bond motifs is 3. The number of hydrogen-bond acceptors (Lipinski definition) is 4. The van der Waals surface area contributed by atoms with Gasteiger partial charge in [-0.25, -0.2) is 4.98 Å². The number of H-pyrrole nitrogens is 1. The van der Waals surface area contributed by atoms with Crippen molar-refractivity contribution in [2.24, 2.45) is 0 Å². The van der Waals surface area contributed by atoms with Crippen LogP contribution in [0.5, 0.6) is 0 Å². The Balaban J connectivity index is 0.00000181. The first-order valence-corrected chi connectivity index (χ1v) is 16.6. The Labute approximate surface area is 239 Å². The predicted molar refractivity (Wildman–Crippen MR) is 171 cm³/mol. The number of piperidine rings is 1. The fourth-order valence-corrected chi connectivity index (χ4v) is 6.51. The average molecular weight is 561 g/mol. The van der Waals surface area contributed by atoms with Crippen LogP contribution in [-0.4, -0.2) is 62.8 Å². The zero-order valence-electron chi connectivity index (χ0n) is 24.7. The van der Waals surface area contributed by atoms with E-state index in [-0.39, 0.29) is 5.91 Å². The number of aromatic nitrogens is 2. The highest BCUT2D eigenvalue weighted by Crippen LogP contribution is 2.38. The smallest absolute Gasteiger partial charge is 0.251 e. The van der Waals surface area contributed by atoms with Crippen LogP contribution in [0.3, 0.4) is 0 Å². The van der Waals surface area contributed by atoms with Gasteiger partial charge in [0.2, 0.25) is 0 Å². The lowest BCUT2D eigenvalue weighted by Gasteiger charge is -2.26. The molecule has 0 bridgehead atoms. The fourth-order valence-electron chi connectivity index (χ4n) is 5.50. The van der Waals surface area contributed by atoms with Crippen LogP contribution in [0.2, 0.25) is 0 Å². The maximum absolute atomic E-state index is 13.5. The largest absolute Gasteiger partial charge is 0.352 e.